The number of phenols is 1. The average molecular weight is 161 g/mol. The van der Waals surface area contributed by atoms with Crippen molar-refractivity contribution in [3.63, 3.8) is 0 Å². The molecule has 1 N–H and O–H groups in total. The van der Waals surface area contributed by atoms with Crippen molar-refractivity contribution in [3.8, 4) is 5.75 Å². The van der Waals surface area contributed by atoms with Gasteiger partial charge in [0.2, 0.25) is 0 Å². The van der Waals surface area contributed by atoms with E-state index in [1.165, 1.54) is 0 Å². The van der Waals surface area contributed by atoms with Crippen molar-refractivity contribution in [1.29, 1.82) is 0 Å². The Bertz CT molecular complexity index is 225. The van der Waals surface area contributed by atoms with Crippen molar-refractivity contribution in [2.75, 3.05) is 19.0 Å². The molecule has 0 bridgehead atoms. The molecule has 0 aliphatic heterocycles. The second kappa shape index (κ2) is 4.65. The van der Waals surface area contributed by atoms with E-state index in [1.807, 2.05) is 31.1 Å². The molecule has 0 amide bonds. The SMILES string of the molecule is CN(C)c1cccc(O)c1.[NaH]. The van der Waals surface area contributed by atoms with Crippen LogP contribution in [0.1, 0.15) is 0 Å². The number of rotatable bonds is 1. The van der Waals surface area contributed by atoms with Crippen LogP contribution >= 0.6 is 0 Å². The first-order chi connectivity index (χ1) is 4.70. The van der Waals surface area contributed by atoms with Crippen LogP contribution in [0.4, 0.5) is 5.69 Å². The normalized spacial score (nSPS) is 8.55. The molecule has 56 valence electrons. The second-order valence-electron chi connectivity index (χ2n) is 2.41. The molecule has 0 aliphatic rings. The summed E-state index contributed by atoms with van der Waals surface area (Å²) in [6, 6.07) is 7.15. The van der Waals surface area contributed by atoms with E-state index in [2.05, 4.69) is 0 Å². The second-order valence-corrected chi connectivity index (χ2v) is 2.41. The van der Waals surface area contributed by atoms with Gasteiger partial charge in [-0.05, 0) is 12.1 Å². The van der Waals surface area contributed by atoms with E-state index in [1.54, 1.807) is 12.1 Å². The first kappa shape index (κ1) is 10.8. The molecule has 0 saturated heterocycles. The van der Waals surface area contributed by atoms with E-state index in [0.29, 0.717) is 5.75 Å². The molecule has 0 aromatic heterocycles. The quantitative estimate of drug-likeness (QED) is 0.616. The Morgan fingerprint density at radius 2 is 1.91 bits per heavy atom. The Hall–Kier alpha value is -0.180. The Labute approximate surface area is 89.1 Å². The van der Waals surface area contributed by atoms with E-state index >= 15 is 0 Å². The molecule has 0 fully saturated rings. The maximum absolute atomic E-state index is 9.04. The van der Waals surface area contributed by atoms with Crippen molar-refractivity contribution in [3.05, 3.63) is 24.3 Å². The number of anilines is 1. The molecule has 0 saturated carbocycles. The van der Waals surface area contributed by atoms with Gasteiger partial charge >= 0.3 is 29.6 Å². The van der Waals surface area contributed by atoms with Crippen LogP contribution in [0, 0.1) is 0 Å². The fourth-order valence-electron chi connectivity index (χ4n) is 0.771. The van der Waals surface area contributed by atoms with Gasteiger partial charge in [-0.25, -0.2) is 0 Å². The van der Waals surface area contributed by atoms with E-state index in [4.69, 9.17) is 5.11 Å². The van der Waals surface area contributed by atoms with E-state index in [0.717, 1.165) is 5.69 Å². The first-order valence-corrected chi connectivity index (χ1v) is 3.16. The summed E-state index contributed by atoms with van der Waals surface area (Å²) in [6.07, 6.45) is 0. The Morgan fingerprint density at radius 3 is 2.27 bits per heavy atom. The van der Waals surface area contributed by atoms with E-state index < -0.39 is 0 Å². The van der Waals surface area contributed by atoms with Gasteiger partial charge < -0.3 is 10.0 Å². The molecule has 0 heterocycles. The zero-order chi connectivity index (χ0) is 7.56. The topological polar surface area (TPSA) is 23.5 Å². The molecule has 0 radical (unpaired) electrons. The molecule has 1 aromatic rings. The van der Waals surface area contributed by atoms with Crippen LogP contribution in [0.15, 0.2) is 24.3 Å². The molecule has 0 spiro atoms. The molecule has 1 rings (SSSR count). The van der Waals surface area contributed by atoms with Gasteiger partial charge in [0.05, 0.1) is 0 Å². The van der Waals surface area contributed by atoms with Crippen molar-refractivity contribution < 1.29 is 5.11 Å². The summed E-state index contributed by atoms with van der Waals surface area (Å²) in [5, 5.41) is 9.04. The molecule has 1 aromatic carbocycles. The van der Waals surface area contributed by atoms with Gasteiger partial charge in [-0.3, -0.25) is 0 Å². The van der Waals surface area contributed by atoms with Gasteiger partial charge in [-0.2, -0.15) is 0 Å². The number of nitrogens with zero attached hydrogens (tertiary/aromatic N) is 1. The number of benzene rings is 1. The monoisotopic (exact) mass is 161 g/mol. The van der Waals surface area contributed by atoms with E-state index in [9.17, 15) is 0 Å². The third kappa shape index (κ3) is 3.14. The number of aromatic hydroxyl groups is 1. The fourth-order valence-corrected chi connectivity index (χ4v) is 0.771. The summed E-state index contributed by atoms with van der Waals surface area (Å²) < 4.78 is 0. The van der Waals surface area contributed by atoms with Crippen LogP contribution in [-0.2, 0) is 0 Å². The van der Waals surface area contributed by atoms with E-state index in [-0.39, 0.29) is 29.6 Å². The molecule has 0 atom stereocenters. The molecular weight excluding hydrogens is 149 g/mol. The standard InChI is InChI=1S/C8H11NO.Na.H/c1-9(2)7-4-3-5-8(10)6-7;;/h3-6,10H,1-2H3;;. The molecule has 3 heteroatoms. The number of hydrogen-bond acceptors (Lipinski definition) is 2. The van der Waals surface area contributed by atoms with Crippen LogP contribution in [0.2, 0.25) is 0 Å². The fraction of sp³-hybridized carbons (Fsp3) is 0.250. The minimum absolute atomic E-state index is 0. The van der Waals surface area contributed by atoms with Crippen molar-refractivity contribution >= 4 is 35.2 Å². The molecular formula is C8H12NNaO. The summed E-state index contributed by atoms with van der Waals surface area (Å²) in [5.41, 5.74) is 1.01. The van der Waals surface area contributed by atoms with Crippen LogP contribution in [0.5, 0.6) is 5.75 Å². The third-order valence-electron chi connectivity index (χ3n) is 1.35. The van der Waals surface area contributed by atoms with Gasteiger partial charge in [0, 0.05) is 25.8 Å². The van der Waals surface area contributed by atoms with Gasteiger partial charge in [0.15, 0.2) is 0 Å². The number of phenolic OH excluding ortho intramolecular Hbond substituents is 1. The average Bonchev–Trinajstić information content (AvgIpc) is 1.88. The predicted octanol–water partition coefficient (Wildman–Crippen LogP) is 0.810. The summed E-state index contributed by atoms with van der Waals surface area (Å²) in [5.74, 6) is 0.311. The van der Waals surface area contributed by atoms with Crippen LogP contribution in [-0.4, -0.2) is 48.8 Å². The molecule has 2 nitrogen and oxygen atoms in total. The molecule has 0 unspecified atom stereocenters. The predicted molar refractivity (Wildman–Crippen MR) is 49.6 cm³/mol. The minimum atomic E-state index is 0. The summed E-state index contributed by atoms with van der Waals surface area (Å²) in [7, 11) is 3.88. The van der Waals surface area contributed by atoms with Gasteiger partial charge in [-0.1, -0.05) is 6.07 Å². The summed E-state index contributed by atoms with van der Waals surface area (Å²) >= 11 is 0. The molecule has 11 heavy (non-hydrogen) atoms. The van der Waals surface area contributed by atoms with Crippen molar-refractivity contribution in [2.24, 2.45) is 0 Å². The van der Waals surface area contributed by atoms with Gasteiger partial charge in [-0.15, -0.1) is 0 Å². The van der Waals surface area contributed by atoms with Crippen LogP contribution in [0.3, 0.4) is 0 Å². The third-order valence-corrected chi connectivity index (χ3v) is 1.35. The summed E-state index contributed by atoms with van der Waals surface area (Å²) in [6.45, 7) is 0. The molecule has 0 aliphatic carbocycles. The van der Waals surface area contributed by atoms with Gasteiger partial charge in [0.25, 0.3) is 0 Å². The van der Waals surface area contributed by atoms with Gasteiger partial charge in [0.1, 0.15) is 5.75 Å². The Morgan fingerprint density at radius 1 is 1.27 bits per heavy atom. The van der Waals surface area contributed by atoms with Crippen LogP contribution < -0.4 is 4.90 Å². The first-order valence-electron chi connectivity index (χ1n) is 3.16. The van der Waals surface area contributed by atoms with Crippen molar-refractivity contribution in [2.45, 2.75) is 0 Å². The summed E-state index contributed by atoms with van der Waals surface area (Å²) in [4.78, 5) is 1.94. The Kier molecular flexibility index (Phi) is 4.57. The van der Waals surface area contributed by atoms with Crippen LogP contribution in [0.25, 0.3) is 0 Å². The Balaban J connectivity index is 0.000001000. The number of hydrogen-bond donors (Lipinski definition) is 1. The maximum atomic E-state index is 9.04. The van der Waals surface area contributed by atoms with Crippen molar-refractivity contribution in [1.82, 2.24) is 0 Å². The zero-order valence-corrected chi connectivity index (χ0v) is 6.20. The zero-order valence-electron chi connectivity index (χ0n) is 6.20.